The molecule has 1 saturated heterocycles. The molecule has 0 saturated carbocycles. The van der Waals surface area contributed by atoms with Gasteiger partial charge in [0.25, 0.3) is 0 Å². The first-order valence-corrected chi connectivity index (χ1v) is 12.8. The second kappa shape index (κ2) is 8.91. The van der Waals surface area contributed by atoms with Crippen LogP contribution in [0.5, 0.6) is 0 Å². The Labute approximate surface area is 206 Å². The summed E-state index contributed by atoms with van der Waals surface area (Å²) in [4.78, 5) is 23.2. The summed E-state index contributed by atoms with van der Waals surface area (Å²) in [6, 6.07) is 18.1. The van der Waals surface area contributed by atoms with Crippen LogP contribution < -0.4 is 15.5 Å². The molecule has 5 aromatic rings. The zero-order valence-corrected chi connectivity index (χ0v) is 20.3. The summed E-state index contributed by atoms with van der Waals surface area (Å²) in [6.45, 7) is 4.01. The van der Waals surface area contributed by atoms with Gasteiger partial charge in [-0.3, -0.25) is 4.57 Å². The number of aliphatic hydroxyl groups excluding tert-OH is 1. The van der Waals surface area contributed by atoms with Crippen molar-refractivity contribution >= 4 is 38.3 Å². The Morgan fingerprint density at radius 2 is 2.09 bits per heavy atom. The average molecular weight is 483 g/mol. The van der Waals surface area contributed by atoms with E-state index in [2.05, 4.69) is 40.4 Å². The van der Waals surface area contributed by atoms with Crippen molar-refractivity contribution in [2.75, 3.05) is 13.1 Å². The molecule has 176 valence electrons. The maximum Gasteiger partial charge on any atom is 0.353 e. The quantitative estimate of drug-likeness (QED) is 0.387. The molecule has 7 heteroatoms. The molecule has 1 aliphatic rings. The van der Waals surface area contributed by atoms with E-state index in [4.69, 9.17) is 0 Å². The van der Waals surface area contributed by atoms with Crippen molar-refractivity contribution in [2.24, 2.45) is 5.92 Å². The molecule has 35 heavy (non-hydrogen) atoms. The van der Waals surface area contributed by atoms with Crippen LogP contribution in [0, 0.1) is 12.8 Å². The fourth-order valence-electron chi connectivity index (χ4n) is 5.15. The van der Waals surface area contributed by atoms with Crippen LogP contribution in [-0.2, 0) is 0 Å². The van der Waals surface area contributed by atoms with Crippen molar-refractivity contribution < 1.29 is 5.11 Å². The predicted octanol–water partition coefficient (Wildman–Crippen LogP) is 4.75. The first-order valence-electron chi connectivity index (χ1n) is 12.0. The van der Waals surface area contributed by atoms with E-state index < -0.39 is 0 Å². The summed E-state index contributed by atoms with van der Waals surface area (Å²) < 4.78 is 2.31. The van der Waals surface area contributed by atoms with Crippen molar-refractivity contribution in [1.29, 1.82) is 0 Å². The average Bonchev–Trinajstić information content (AvgIpc) is 3.25. The van der Waals surface area contributed by atoms with E-state index >= 15 is 0 Å². The van der Waals surface area contributed by atoms with Crippen LogP contribution in [0.4, 0.5) is 0 Å². The van der Waals surface area contributed by atoms with Gasteiger partial charge in [0.15, 0.2) is 0 Å². The van der Waals surface area contributed by atoms with Gasteiger partial charge in [0, 0.05) is 12.6 Å². The largest absolute Gasteiger partial charge is 0.511 e. The molecule has 2 N–H and O–H groups in total. The molecule has 1 aliphatic heterocycles. The minimum atomic E-state index is -0.362. The predicted molar refractivity (Wildman–Crippen MR) is 142 cm³/mol. The number of nitrogens with zero attached hydrogens (tertiary/aromatic N) is 3. The Bertz CT molecular complexity index is 1660. The Morgan fingerprint density at radius 3 is 2.91 bits per heavy atom. The van der Waals surface area contributed by atoms with Crippen LogP contribution in [-0.4, -0.2) is 32.7 Å². The molecule has 0 radical (unpaired) electrons. The number of rotatable bonds is 4. The lowest BCUT2D eigenvalue weighted by atomic mass is 9.95. The minimum absolute atomic E-state index is 0.300. The summed E-state index contributed by atoms with van der Waals surface area (Å²) in [5, 5.41) is 15.3. The maximum absolute atomic E-state index is 13.4. The third-order valence-corrected chi connectivity index (χ3v) is 8.02. The highest BCUT2D eigenvalue weighted by Gasteiger charge is 2.20. The molecular weight excluding hydrogens is 456 g/mol. The van der Waals surface area contributed by atoms with Gasteiger partial charge in [0.05, 0.1) is 21.1 Å². The van der Waals surface area contributed by atoms with Gasteiger partial charge in [0.2, 0.25) is 0 Å². The number of piperidine rings is 1. The molecule has 2 aromatic carbocycles. The summed E-state index contributed by atoms with van der Waals surface area (Å²) in [6.07, 6.45) is 4.50. The molecule has 0 amide bonds. The van der Waals surface area contributed by atoms with E-state index in [9.17, 15) is 9.90 Å². The number of pyridine rings is 1. The topological polar surface area (TPSA) is 80.0 Å². The summed E-state index contributed by atoms with van der Waals surface area (Å²) in [5.41, 5.74) is 5.04. The standard InChI is InChI=1S/C28H26N4O2S/c1-17-6-2-3-10-21(17)19-8-4-9-20(15-19)32-22-11-13-30-27-24(22)25(31-28(32)34)26(35-27)23(33)14-18-7-5-12-29-16-18/h2-4,6,8-11,13,15,18,29,33H,5,7,12,14,16H2,1H3/t18-/m0/s1. The zero-order valence-electron chi connectivity index (χ0n) is 19.5. The lowest BCUT2D eigenvalue weighted by Gasteiger charge is -2.22. The number of aliphatic hydroxyl groups is 1. The van der Waals surface area contributed by atoms with Crippen LogP contribution in [0.25, 0.3) is 43.8 Å². The Hall–Kier alpha value is -3.55. The lowest BCUT2D eigenvalue weighted by Crippen LogP contribution is -2.30. The minimum Gasteiger partial charge on any atom is -0.511 e. The summed E-state index contributed by atoms with van der Waals surface area (Å²) >= 11 is 1.41. The highest BCUT2D eigenvalue weighted by molar-refractivity contribution is 7.17. The molecule has 0 bridgehead atoms. The molecule has 3 aromatic heterocycles. The number of hydrogen-bond donors (Lipinski definition) is 2. The number of benzene rings is 2. The van der Waals surface area contributed by atoms with Crippen molar-refractivity contribution in [2.45, 2.75) is 26.2 Å². The molecule has 1 fully saturated rings. The third-order valence-electron chi connectivity index (χ3n) is 6.89. The van der Waals surface area contributed by atoms with Gasteiger partial charge in [-0.1, -0.05) is 36.4 Å². The van der Waals surface area contributed by atoms with Crippen LogP contribution >= 0.6 is 11.3 Å². The summed E-state index contributed by atoms with van der Waals surface area (Å²) in [7, 11) is 0. The van der Waals surface area contributed by atoms with Crippen molar-refractivity contribution in [1.82, 2.24) is 19.9 Å². The van der Waals surface area contributed by atoms with Crippen molar-refractivity contribution in [3.8, 4) is 16.8 Å². The monoisotopic (exact) mass is 482 g/mol. The van der Waals surface area contributed by atoms with Crippen molar-refractivity contribution in [3.05, 3.63) is 81.4 Å². The maximum atomic E-state index is 13.4. The Balaban J connectivity index is 1.53. The highest BCUT2D eigenvalue weighted by atomic mass is 32.1. The van der Waals surface area contributed by atoms with Crippen LogP contribution in [0.2, 0.25) is 0 Å². The van der Waals surface area contributed by atoms with Gasteiger partial charge >= 0.3 is 5.69 Å². The number of hydrogen-bond acceptors (Lipinski definition) is 6. The van der Waals surface area contributed by atoms with E-state index in [1.807, 2.05) is 36.4 Å². The number of aromatic nitrogens is 3. The SMILES string of the molecule is Cc1ccccc1-c1cccc(-n2c(=O)nc3c(=C(O)C[C@@H]4CCCNC4)sc4nccc2c43)c1. The molecule has 0 aliphatic carbocycles. The fraction of sp³-hybridized carbons (Fsp3) is 0.250. The first kappa shape index (κ1) is 21.9. The van der Waals surface area contributed by atoms with E-state index in [1.165, 1.54) is 16.9 Å². The van der Waals surface area contributed by atoms with E-state index in [-0.39, 0.29) is 5.69 Å². The van der Waals surface area contributed by atoms with E-state index in [0.29, 0.717) is 28.1 Å². The zero-order chi connectivity index (χ0) is 23.9. The summed E-state index contributed by atoms with van der Waals surface area (Å²) in [5.74, 6) is 0.683. The van der Waals surface area contributed by atoms with Crippen LogP contribution in [0.3, 0.4) is 0 Å². The van der Waals surface area contributed by atoms with Gasteiger partial charge in [-0.15, -0.1) is 11.3 Å². The number of nitrogens with one attached hydrogen (secondary N) is 1. The second-order valence-electron chi connectivity index (χ2n) is 9.25. The molecule has 4 heterocycles. The van der Waals surface area contributed by atoms with Gasteiger partial charge in [0.1, 0.15) is 16.1 Å². The Morgan fingerprint density at radius 1 is 1.20 bits per heavy atom. The van der Waals surface area contributed by atoms with Crippen LogP contribution in [0.1, 0.15) is 24.8 Å². The second-order valence-corrected chi connectivity index (χ2v) is 10.2. The molecule has 6 nitrogen and oxygen atoms in total. The van der Waals surface area contributed by atoms with Crippen molar-refractivity contribution in [3.63, 3.8) is 0 Å². The molecule has 1 atom stereocenters. The van der Waals surface area contributed by atoms with E-state index in [1.54, 1.807) is 10.8 Å². The highest BCUT2D eigenvalue weighted by Crippen LogP contribution is 2.29. The Kier molecular flexibility index (Phi) is 5.59. The molecular formula is C28H26N4O2S. The molecule has 6 rings (SSSR count). The fourth-order valence-corrected chi connectivity index (χ4v) is 6.21. The number of aryl methyl sites for hydroxylation is 1. The smallest absolute Gasteiger partial charge is 0.353 e. The van der Waals surface area contributed by atoms with Gasteiger partial charge < -0.3 is 10.4 Å². The van der Waals surface area contributed by atoms with Crippen LogP contribution in [0.15, 0.2) is 65.6 Å². The van der Waals surface area contributed by atoms with Gasteiger partial charge in [-0.05, 0) is 73.7 Å². The number of thiophene rings is 1. The molecule has 0 unspecified atom stereocenters. The van der Waals surface area contributed by atoms with Gasteiger partial charge in [-0.2, -0.15) is 4.98 Å². The lowest BCUT2D eigenvalue weighted by molar-refractivity contribution is 0.353. The molecule has 0 spiro atoms. The third kappa shape index (κ3) is 3.90. The first-order chi connectivity index (χ1) is 17.1. The normalized spacial score (nSPS) is 17.2. The van der Waals surface area contributed by atoms with E-state index in [0.717, 1.165) is 58.5 Å². The van der Waals surface area contributed by atoms with Gasteiger partial charge in [-0.25, -0.2) is 9.78 Å².